The Morgan fingerprint density at radius 2 is 0.967 bits per heavy atom. The third-order valence-corrected chi connectivity index (χ3v) is 4.26. The van der Waals surface area contributed by atoms with E-state index in [4.69, 9.17) is 0 Å². The maximum absolute atomic E-state index is 4.45. The van der Waals surface area contributed by atoms with Crippen molar-refractivity contribution in [1.29, 1.82) is 0 Å². The topological polar surface area (TPSA) is 90.2 Å². The molecule has 7 heteroatoms. The van der Waals surface area contributed by atoms with Crippen molar-refractivity contribution in [2.45, 2.75) is 40.5 Å². The van der Waals surface area contributed by atoms with E-state index in [1.54, 1.807) is 12.4 Å². The lowest BCUT2D eigenvalue weighted by Crippen LogP contribution is -2.00. The summed E-state index contributed by atoms with van der Waals surface area (Å²) in [6.45, 7) is 7.76. The first kappa shape index (κ1) is 21.1. The second kappa shape index (κ2) is 10.2. The minimum atomic E-state index is 0.682. The Hall–Kier alpha value is -3.61. The second-order valence-electron chi connectivity index (χ2n) is 7.11. The molecule has 0 fully saturated rings. The molecule has 7 nitrogen and oxygen atoms in total. The van der Waals surface area contributed by atoms with Gasteiger partial charge in [0.2, 0.25) is 0 Å². The van der Waals surface area contributed by atoms with Crippen molar-refractivity contribution in [3.8, 4) is 0 Å². The Morgan fingerprint density at radius 3 is 1.30 bits per heavy atom. The lowest BCUT2D eigenvalue weighted by Gasteiger charge is -2.03. The molecule has 0 saturated carbocycles. The molecule has 30 heavy (non-hydrogen) atoms. The molecule has 0 saturated heterocycles. The lowest BCUT2D eigenvalue weighted by molar-refractivity contribution is 0.931. The Balaban J connectivity index is 0.000000269. The van der Waals surface area contributed by atoms with Crippen molar-refractivity contribution in [3.05, 3.63) is 101 Å². The highest BCUT2D eigenvalue weighted by Crippen LogP contribution is 2.08. The van der Waals surface area contributed by atoms with Gasteiger partial charge in [-0.2, -0.15) is 0 Å². The normalized spacial score (nSPS) is 10.3. The van der Waals surface area contributed by atoms with Crippen LogP contribution in [0.3, 0.4) is 0 Å². The third kappa shape index (κ3) is 6.77. The molecule has 0 atom stereocenters. The van der Waals surface area contributed by atoms with Gasteiger partial charge in [0.05, 0.1) is 11.4 Å². The van der Waals surface area contributed by atoms with Crippen LogP contribution in [0.4, 0.5) is 0 Å². The molecule has 0 aliphatic heterocycles. The smallest absolute Gasteiger partial charge is 0.125 e. The molecule has 4 aromatic heterocycles. The molecule has 0 radical (unpaired) electrons. The molecule has 0 bridgehead atoms. The van der Waals surface area contributed by atoms with Gasteiger partial charge in [0.15, 0.2) is 0 Å². The van der Waals surface area contributed by atoms with Crippen molar-refractivity contribution in [3.63, 3.8) is 0 Å². The van der Waals surface area contributed by atoms with Gasteiger partial charge in [0, 0.05) is 61.9 Å². The van der Waals surface area contributed by atoms with Crippen LogP contribution in [0.15, 0.2) is 55.5 Å². The van der Waals surface area contributed by atoms with Crippen LogP contribution in [0.25, 0.3) is 0 Å². The molecule has 0 aromatic carbocycles. The SMILES string of the molecule is Cc1ccc(C)nc1.Cc1ncc(Cc2cnc(Cc3cnc(C)nc3)cn2)cn1. The largest absolute Gasteiger partial charge is 0.261 e. The van der Waals surface area contributed by atoms with Gasteiger partial charge >= 0.3 is 0 Å². The van der Waals surface area contributed by atoms with Crippen molar-refractivity contribution < 1.29 is 0 Å². The maximum atomic E-state index is 4.45. The fourth-order valence-corrected chi connectivity index (χ4v) is 2.55. The van der Waals surface area contributed by atoms with Crippen LogP contribution < -0.4 is 0 Å². The molecule has 4 aromatic rings. The standard InChI is InChI=1S/C16H16N6.C7H9N/c1-11-17-5-13(6-18-11)3-15-9-22-16(10-21-15)4-14-7-19-12(2)20-8-14;1-6-3-4-7(2)8-5-6/h5-10H,3-4H2,1-2H3;3-5H,1-2H3. The van der Waals surface area contributed by atoms with Crippen LogP contribution in [-0.4, -0.2) is 34.9 Å². The van der Waals surface area contributed by atoms with Gasteiger partial charge in [0.25, 0.3) is 0 Å². The van der Waals surface area contributed by atoms with Gasteiger partial charge < -0.3 is 0 Å². The number of pyridine rings is 1. The summed E-state index contributed by atoms with van der Waals surface area (Å²) in [6.07, 6.45) is 14.1. The number of rotatable bonds is 4. The highest BCUT2D eigenvalue weighted by atomic mass is 14.9. The molecule has 152 valence electrons. The zero-order valence-corrected chi connectivity index (χ0v) is 17.7. The number of nitrogens with zero attached hydrogens (tertiary/aromatic N) is 7. The maximum Gasteiger partial charge on any atom is 0.125 e. The first-order chi connectivity index (χ1) is 14.5. The predicted molar refractivity (Wildman–Crippen MR) is 115 cm³/mol. The van der Waals surface area contributed by atoms with E-state index >= 15 is 0 Å². The van der Waals surface area contributed by atoms with Crippen molar-refractivity contribution in [2.75, 3.05) is 0 Å². The van der Waals surface area contributed by atoms with Crippen LogP contribution in [-0.2, 0) is 12.8 Å². The van der Waals surface area contributed by atoms with E-state index in [9.17, 15) is 0 Å². The monoisotopic (exact) mass is 399 g/mol. The number of aryl methyl sites for hydroxylation is 4. The Labute approximate surface area is 176 Å². The first-order valence-electron chi connectivity index (χ1n) is 9.72. The first-order valence-corrected chi connectivity index (χ1v) is 9.72. The zero-order valence-electron chi connectivity index (χ0n) is 17.7. The van der Waals surface area contributed by atoms with Gasteiger partial charge in [-0.15, -0.1) is 0 Å². The van der Waals surface area contributed by atoms with Crippen molar-refractivity contribution >= 4 is 0 Å². The summed E-state index contributed by atoms with van der Waals surface area (Å²) in [5.74, 6) is 1.54. The van der Waals surface area contributed by atoms with E-state index in [-0.39, 0.29) is 0 Å². The molecule has 4 rings (SSSR count). The number of hydrogen-bond donors (Lipinski definition) is 0. The summed E-state index contributed by atoms with van der Waals surface area (Å²) >= 11 is 0. The third-order valence-electron chi connectivity index (χ3n) is 4.26. The zero-order chi connectivity index (χ0) is 21.3. The Kier molecular flexibility index (Phi) is 7.21. The van der Waals surface area contributed by atoms with Crippen LogP contribution in [0.2, 0.25) is 0 Å². The molecular weight excluding hydrogens is 374 g/mol. The average molecular weight is 400 g/mol. The van der Waals surface area contributed by atoms with Crippen molar-refractivity contribution in [2.24, 2.45) is 0 Å². The predicted octanol–water partition coefficient (Wildman–Crippen LogP) is 3.55. The molecule has 0 N–H and O–H groups in total. The summed E-state index contributed by atoms with van der Waals surface area (Å²) in [4.78, 5) is 29.7. The molecule has 0 aliphatic carbocycles. The Bertz CT molecular complexity index is 955. The summed E-state index contributed by atoms with van der Waals surface area (Å²) in [5, 5.41) is 0. The van der Waals surface area contributed by atoms with Crippen LogP contribution in [0.1, 0.15) is 45.4 Å². The van der Waals surface area contributed by atoms with E-state index < -0.39 is 0 Å². The minimum absolute atomic E-state index is 0.682. The molecule has 4 heterocycles. The molecular formula is C23H25N7. The quantitative estimate of drug-likeness (QED) is 0.518. The minimum Gasteiger partial charge on any atom is -0.261 e. The molecule has 0 aliphatic rings. The van der Waals surface area contributed by atoms with Crippen LogP contribution in [0, 0.1) is 27.7 Å². The molecule has 0 unspecified atom stereocenters. The second-order valence-corrected chi connectivity index (χ2v) is 7.11. The Morgan fingerprint density at radius 1 is 0.500 bits per heavy atom. The highest BCUT2D eigenvalue weighted by Gasteiger charge is 2.03. The number of aromatic nitrogens is 7. The van der Waals surface area contributed by atoms with Gasteiger partial charge in [-0.05, 0) is 50.5 Å². The van der Waals surface area contributed by atoms with Gasteiger partial charge in [-0.1, -0.05) is 6.07 Å². The highest BCUT2D eigenvalue weighted by molar-refractivity contribution is 5.18. The van der Waals surface area contributed by atoms with E-state index in [2.05, 4.69) is 41.0 Å². The summed E-state index contributed by atoms with van der Waals surface area (Å²) < 4.78 is 0. The van der Waals surface area contributed by atoms with E-state index in [0.29, 0.717) is 12.8 Å². The van der Waals surface area contributed by atoms with Crippen molar-refractivity contribution in [1.82, 2.24) is 34.9 Å². The fraction of sp³-hybridized carbons (Fsp3) is 0.261. The summed E-state index contributed by atoms with van der Waals surface area (Å²) in [7, 11) is 0. The number of hydrogen-bond acceptors (Lipinski definition) is 7. The fourth-order valence-electron chi connectivity index (χ4n) is 2.55. The average Bonchev–Trinajstić information content (AvgIpc) is 2.75. The van der Waals surface area contributed by atoms with E-state index in [1.807, 2.05) is 64.7 Å². The van der Waals surface area contributed by atoms with Crippen LogP contribution >= 0.6 is 0 Å². The van der Waals surface area contributed by atoms with E-state index in [1.165, 1.54) is 5.56 Å². The van der Waals surface area contributed by atoms with Gasteiger partial charge in [0.1, 0.15) is 11.6 Å². The molecule has 0 amide bonds. The molecule has 0 spiro atoms. The van der Waals surface area contributed by atoms with E-state index in [0.717, 1.165) is 39.9 Å². The van der Waals surface area contributed by atoms with Crippen LogP contribution in [0.5, 0.6) is 0 Å². The van der Waals surface area contributed by atoms with Gasteiger partial charge in [-0.3, -0.25) is 15.0 Å². The lowest BCUT2D eigenvalue weighted by atomic mass is 10.2. The van der Waals surface area contributed by atoms with Gasteiger partial charge in [-0.25, -0.2) is 19.9 Å². The summed E-state index contributed by atoms with van der Waals surface area (Å²) in [5.41, 5.74) is 6.15. The summed E-state index contributed by atoms with van der Waals surface area (Å²) in [6, 6.07) is 4.07.